The predicted molar refractivity (Wildman–Crippen MR) is 111 cm³/mol. The molecule has 33 heavy (non-hydrogen) atoms. The summed E-state index contributed by atoms with van der Waals surface area (Å²) in [6.07, 6.45) is -1.75. The number of carbonyl (C=O) groups excluding carboxylic acids is 1. The second kappa shape index (κ2) is 7.43. The molecule has 3 aliphatic rings. The number of benzene rings is 1. The predicted octanol–water partition coefficient (Wildman–Crippen LogP) is 2.78. The van der Waals surface area contributed by atoms with E-state index in [0.29, 0.717) is 50.0 Å². The molecule has 1 aliphatic heterocycles. The Hall–Kier alpha value is -2.64. The van der Waals surface area contributed by atoms with E-state index in [9.17, 15) is 27.3 Å². The Morgan fingerprint density at radius 1 is 1.30 bits per heavy atom. The fraction of sp³-hybridized carbons (Fsp3) is 0.500. The maximum absolute atomic E-state index is 13.8. The first-order chi connectivity index (χ1) is 15.5. The number of aryl methyl sites for hydroxylation is 3. The minimum atomic E-state index is -4.93. The molecule has 0 fully saturated rings. The maximum Gasteiger partial charge on any atom is 0.421 e. The highest BCUT2D eigenvalue weighted by atomic mass is 32.2. The molecule has 2 heterocycles. The molecule has 13 heteroatoms. The van der Waals surface area contributed by atoms with Crippen LogP contribution in [0.5, 0.6) is 5.88 Å². The van der Waals surface area contributed by atoms with Crippen molar-refractivity contribution in [3.8, 4) is 5.88 Å². The van der Waals surface area contributed by atoms with Crippen LogP contribution in [-0.4, -0.2) is 37.9 Å². The number of aromatic nitrogens is 2. The van der Waals surface area contributed by atoms with Gasteiger partial charge in [-0.15, -0.1) is 4.36 Å². The molecule has 0 spiro atoms. The number of ether oxygens (including phenoxy) is 1. The van der Waals surface area contributed by atoms with Gasteiger partial charge in [0.2, 0.25) is 5.88 Å². The number of hydrogen-bond acceptors (Lipinski definition) is 5. The molecule has 4 N–H and O–H groups in total. The first-order valence-corrected chi connectivity index (χ1v) is 12.1. The van der Waals surface area contributed by atoms with Crippen LogP contribution in [-0.2, 0) is 41.3 Å². The summed E-state index contributed by atoms with van der Waals surface area (Å²) in [7, 11) is -3.79. The van der Waals surface area contributed by atoms with Gasteiger partial charge >= 0.3 is 12.2 Å². The van der Waals surface area contributed by atoms with Gasteiger partial charge in [0, 0.05) is 18.5 Å². The third-order valence-corrected chi connectivity index (χ3v) is 7.75. The van der Waals surface area contributed by atoms with E-state index in [4.69, 9.17) is 9.88 Å². The van der Waals surface area contributed by atoms with Crippen LogP contribution in [0.3, 0.4) is 0 Å². The Labute approximate surface area is 187 Å². The van der Waals surface area contributed by atoms with E-state index in [-0.39, 0.29) is 28.4 Å². The summed E-state index contributed by atoms with van der Waals surface area (Å²) in [4.78, 5) is 12.7. The van der Waals surface area contributed by atoms with Gasteiger partial charge in [-0.1, -0.05) is 6.07 Å². The molecule has 2 aliphatic carbocycles. The number of halogens is 3. The van der Waals surface area contributed by atoms with Crippen molar-refractivity contribution in [3.63, 3.8) is 0 Å². The van der Waals surface area contributed by atoms with Crippen molar-refractivity contribution in [1.29, 1.82) is 0 Å². The normalized spacial score (nSPS) is 23.2. The summed E-state index contributed by atoms with van der Waals surface area (Å²) in [6.45, 7) is 0.883. The monoisotopic (exact) mass is 485 g/mol. The van der Waals surface area contributed by atoms with E-state index < -0.39 is 34.1 Å². The van der Waals surface area contributed by atoms with Gasteiger partial charge in [-0.25, -0.2) is 18.8 Å². The lowest BCUT2D eigenvalue weighted by molar-refractivity contribution is -0.265. The lowest BCUT2D eigenvalue weighted by Gasteiger charge is -2.29. The Morgan fingerprint density at radius 2 is 2.09 bits per heavy atom. The summed E-state index contributed by atoms with van der Waals surface area (Å²) >= 11 is 0. The number of urea groups is 1. The SMILES string of the molecule is N[S@](=O)(=NC(=O)Nc1c2c(cc3c1[C@@](O)(C(F)(F)F)CC3)CCC2)c1cnn2c1OCCC2. The number of nitrogens with zero attached hydrogens (tertiary/aromatic N) is 3. The van der Waals surface area contributed by atoms with E-state index in [0.717, 1.165) is 5.56 Å². The van der Waals surface area contributed by atoms with Crippen molar-refractivity contribution in [1.82, 2.24) is 9.78 Å². The van der Waals surface area contributed by atoms with E-state index in [1.165, 1.54) is 10.9 Å². The number of alkyl halides is 3. The highest BCUT2D eigenvalue weighted by Crippen LogP contribution is 2.53. The van der Waals surface area contributed by atoms with Crippen LogP contribution in [0.25, 0.3) is 0 Å². The standard InChI is InChI=1S/C20H22F3N5O4S/c21-20(22,23)19(30)6-5-12-9-11-3-1-4-13(11)16(15(12)19)26-18(29)27-33(24,31)14-10-25-28-7-2-8-32-17(14)28/h9-10,30H,1-8H2,(H3,24,26,27,29,31)/t19-,33+/m1/s1. The third kappa shape index (κ3) is 3.49. The summed E-state index contributed by atoms with van der Waals surface area (Å²) in [5.41, 5.74) is -1.90. The second-order valence-electron chi connectivity index (χ2n) is 8.46. The molecule has 1 aromatic carbocycles. The van der Waals surface area contributed by atoms with Crippen LogP contribution < -0.4 is 15.2 Å². The van der Waals surface area contributed by atoms with Gasteiger partial charge in [-0.2, -0.15) is 18.3 Å². The zero-order valence-corrected chi connectivity index (χ0v) is 18.3. The number of amides is 2. The van der Waals surface area contributed by atoms with Crippen molar-refractivity contribution in [3.05, 3.63) is 34.5 Å². The highest BCUT2D eigenvalue weighted by molar-refractivity contribution is 7.91. The molecule has 2 aromatic rings. The lowest BCUT2D eigenvalue weighted by Crippen LogP contribution is -2.41. The minimum Gasteiger partial charge on any atom is -0.477 e. The molecule has 0 saturated carbocycles. The van der Waals surface area contributed by atoms with Gasteiger partial charge in [-0.05, 0) is 48.8 Å². The topological polar surface area (TPSA) is 132 Å². The number of rotatable bonds is 2. The minimum absolute atomic E-state index is 0.0200. The average molecular weight is 485 g/mol. The van der Waals surface area contributed by atoms with Crippen molar-refractivity contribution >= 4 is 21.6 Å². The fourth-order valence-corrected chi connectivity index (χ4v) is 5.89. The number of aliphatic hydroxyl groups is 1. The van der Waals surface area contributed by atoms with Gasteiger partial charge in [0.1, 0.15) is 4.90 Å². The van der Waals surface area contributed by atoms with Crippen LogP contribution in [0.1, 0.15) is 41.5 Å². The number of carbonyl (C=O) groups is 1. The molecular weight excluding hydrogens is 463 g/mol. The summed E-state index contributed by atoms with van der Waals surface area (Å²) in [5, 5.41) is 22.9. The van der Waals surface area contributed by atoms with Crippen LogP contribution in [0.4, 0.5) is 23.7 Å². The van der Waals surface area contributed by atoms with E-state index in [2.05, 4.69) is 14.8 Å². The Morgan fingerprint density at radius 3 is 2.85 bits per heavy atom. The Balaban J connectivity index is 1.56. The molecular formula is C20H22F3N5O4S. The van der Waals surface area contributed by atoms with Crippen molar-refractivity contribution in [2.75, 3.05) is 11.9 Å². The molecule has 5 rings (SSSR count). The molecule has 2 amide bonds. The smallest absolute Gasteiger partial charge is 0.421 e. The van der Waals surface area contributed by atoms with E-state index in [1.54, 1.807) is 6.07 Å². The molecule has 2 atom stereocenters. The van der Waals surface area contributed by atoms with Crippen LogP contribution in [0.15, 0.2) is 21.5 Å². The molecule has 0 bridgehead atoms. The summed E-state index contributed by atoms with van der Waals surface area (Å²) in [6, 6.07) is 0.508. The van der Waals surface area contributed by atoms with Gasteiger partial charge < -0.3 is 15.2 Å². The lowest BCUT2D eigenvalue weighted by atomic mass is 9.90. The van der Waals surface area contributed by atoms with Crippen LogP contribution >= 0.6 is 0 Å². The van der Waals surface area contributed by atoms with Crippen molar-refractivity contribution < 1.29 is 32.0 Å². The molecule has 9 nitrogen and oxygen atoms in total. The van der Waals surface area contributed by atoms with Crippen molar-refractivity contribution in [2.24, 2.45) is 9.50 Å². The molecule has 0 saturated heterocycles. The van der Waals surface area contributed by atoms with Gasteiger partial charge in [-0.3, -0.25) is 0 Å². The van der Waals surface area contributed by atoms with E-state index in [1.807, 2.05) is 0 Å². The van der Waals surface area contributed by atoms with Crippen molar-refractivity contribution in [2.45, 2.75) is 61.7 Å². The number of hydrogen-bond donors (Lipinski definition) is 3. The zero-order chi connectivity index (χ0) is 23.6. The zero-order valence-electron chi connectivity index (χ0n) is 17.4. The number of nitrogens with one attached hydrogen (secondary N) is 1. The fourth-order valence-electron chi connectivity index (χ4n) is 4.89. The van der Waals surface area contributed by atoms with E-state index >= 15 is 0 Å². The molecule has 0 unspecified atom stereocenters. The summed E-state index contributed by atoms with van der Waals surface area (Å²) < 4.78 is 65.1. The highest BCUT2D eigenvalue weighted by Gasteiger charge is 2.59. The van der Waals surface area contributed by atoms with Crippen LogP contribution in [0.2, 0.25) is 0 Å². The first kappa shape index (κ1) is 22.2. The first-order valence-electron chi connectivity index (χ1n) is 10.5. The molecule has 1 aromatic heterocycles. The van der Waals surface area contributed by atoms with Gasteiger partial charge in [0.05, 0.1) is 18.5 Å². The molecule has 178 valence electrons. The van der Waals surface area contributed by atoms with Gasteiger partial charge in [0.25, 0.3) is 0 Å². The molecule has 0 radical (unpaired) electrons. The Bertz CT molecular complexity index is 1280. The number of nitrogens with two attached hydrogens (primary N) is 1. The quantitative estimate of drug-likeness (QED) is 0.602. The maximum atomic E-state index is 13.8. The second-order valence-corrected chi connectivity index (χ2v) is 10.2. The number of fused-ring (bicyclic) bond motifs is 3. The van der Waals surface area contributed by atoms with Crippen LogP contribution in [0, 0.1) is 0 Å². The summed E-state index contributed by atoms with van der Waals surface area (Å²) in [5.74, 6) is 0.151. The van der Waals surface area contributed by atoms with Gasteiger partial charge in [0.15, 0.2) is 15.5 Å². The number of anilines is 1. The Kier molecular flexibility index (Phi) is 4.99. The third-order valence-electron chi connectivity index (χ3n) is 6.40. The largest absolute Gasteiger partial charge is 0.477 e. The average Bonchev–Trinajstić information content (AvgIpc) is 3.44.